The molecule has 4 amide bonds. The number of rotatable bonds is 6. The van der Waals surface area contributed by atoms with Crippen LogP contribution in [0.1, 0.15) is 16.7 Å². The molecule has 4 rings (SSSR count). The minimum absolute atomic E-state index is 0.170. The van der Waals surface area contributed by atoms with Gasteiger partial charge in [-0.3, -0.25) is 14.9 Å². The van der Waals surface area contributed by atoms with Crippen LogP contribution < -0.4 is 19.7 Å². The quantitative estimate of drug-likeness (QED) is 0.414. The summed E-state index contributed by atoms with van der Waals surface area (Å²) in [5.41, 5.74) is 2.56. The lowest BCUT2D eigenvalue weighted by atomic mass is 10.0. The molecule has 1 aliphatic heterocycles. The Labute approximate surface area is 201 Å². The maximum absolute atomic E-state index is 13.1. The van der Waals surface area contributed by atoms with Crippen molar-refractivity contribution < 1.29 is 23.9 Å². The van der Waals surface area contributed by atoms with Crippen molar-refractivity contribution in [1.82, 2.24) is 5.32 Å². The topological polar surface area (TPSA) is 84.9 Å². The predicted molar refractivity (Wildman–Crippen MR) is 129 cm³/mol. The van der Waals surface area contributed by atoms with E-state index in [9.17, 15) is 14.4 Å². The molecule has 1 saturated heterocycles. The fourth-order valence-corrected chi connectivity index (χ4v) is 3.84. The fraction of sp³-hybridized carbons (Fsp3) is 0.115. The van der Waals surface area contributed by atoms with Gasteiger partial charge in [0.1, 0.15) is 17.1 Å². The lowest BCUT2D eigenvalue weighted by Gasteiger charge is -2.26. The number of amides is 4. The van der Waals surface area contributed by atoms with E-state index in [1.54, 1.807) is 43.5 Å². The highest BCUT2D eigenvalue weighted by atomic mass is 35.5. The van der Waals surface area contributed by atoms with Gasteiger partial charge >= 0.3 is 6.03 Å². The van der Waals surface area contributed by atoms with Crippen LogP contribution in [0.4, 0.5) is 10.5 Å². The molecule has 1 heterocycles. The van der Waals surface area contributed by atoms with E-state index in [1.807, 2.05) is 30.3 Å². The van der Waals surface area contributed by atoms with Crippen molar-refractivity contribution in [2.45, 2.75) is 6.42 Å². The number of nitrogens with zero attached hydrogens (tertiary/aromatic N) is 1. The van der Waals surface area contributed by atoms with Gasteiger partial charge in [-0.1, -0.05) is 41.9 Å². The minimum Gasteiger partial charge on any atom is -0.497 e. The smallest absolute Gasteiger partial charge is 0.335 e. The standard InChI is InChI=1S/C26H21ClN2O5/c1-33-20-11-9-19(10-12-20)29-25(31)21(24(30)28-26(29)32)13-16-7-8-18(23(14-16)34-2)15-17-5-3-4-6-22(17)27/h3-14H,15H2,1-2H3,(H,28,30,32)/b21-13+. The zero-order valence-corrected chi connectivity index (χ0v) is 19.3. The molecule has 0 aliphatic carbocycles. The van der Waals surface area contributed by atoms with E-state index in [-0.39, 0.29) is 5.57 Å². The summed E-state index contributed by atoms with van der Waals surface area (Å²) in [5.74, 6) is -0.331. The van der Waals surface area contributed by atoms with E-state index >= 15 is 0 Å². The predicted octanol–water partition coefficient (Wildman–Crippen LogP) is 4.61. The molecule has 0 spiro atoms. The molecular formula is C26H21ClN2O5. The van der Waals surface area contributed by atoms with Crippen LogP contribution in [-0.4, -0.2) is 32.1 Å². The van der Waals surface area contributed by atoms with Crippen LogP contribution in [0.3, 0.4) is 0 Å². The number of hydrogen-bond acceptors (Lipinski definition) is 5. The van der Waals surface area contributed by atoms with E-state index in [0.29, 0.717) is 34.2 Å². The normalized spacial score (nSPS) is 14.9. The molecule has 0 radical (unpaired) electrons. The summed E-state index contributed by atoms with van der Waals surface area (Å²) in [6.45, 7) is 0. The summed E-state index contributed by atoms with van der Waals surface area (Å²) in [7, 11) is 3.06. The van der Waals surface area contributed by atoms with Crippen LogP contribution in [0, 0.1) is 0 Å². The first-order valence-electron chi connectivity index (χ1n) is 10.4. The van der Waals surface area contributed by atoms with Crippen LogP contribution in [0.5, 0.6) is 11.5 Å². The molecule has 0 bridgehead atoms. The Morgan fingerprint density at radius 3 is 2.32 bits per heavy atom. The Kier molecular flexibility index (Phi) is 6.65. The Balaban J connectivity index is 1.65. The van der Waals surface area contributed by atoms with Gasteiger partial charge in [-0.15, -0.1) is 0 Å². The number of halogens is 1. The van der Waals surface area contributed by atoms with Gasteiger partial charge < -0.3 is 9.47 Å². The minimum atomic E-state index is -0.815. The molecule has 1 fully saturated rings. The highest BCUT2D eigenvalue weighted by molar-refractivity contribution is 6.39. The third kappa shape index (κ3) is 4.65. The first-order valence-corrected chi connectivity index (χ1v) is 10.7. The molecule has 3 aromatic rings. The van der Waals surface area contributed by atoms with Crippen molar-refractivity contribution in [3.8, 4) is 11.5 Å². The van der Waals surface area contributed by atoms with Crippen LogP contribution in [0.2, 0.25) is 5.02 Å². The summed E-state index contributed by atoms with van der Waals surface area (Å²) >= 11 is 6.28. The number of imide groups is 2. The largest absolute Gasteiger partial charge is 0.497 e. The average Bonchev–Trinajstić information content (AvgIpc) is 2.84. The molecule has 172 valence electrons. The average molecular weight is 477 g/mol. The molecule has 0 unspecified atom stereocenters. The maximum atomic E-state index is 13.1. The zero-order chi connectivity index (χ0) is 24.2. The SMILES string of the molecule is COc1ccc(N2C(=O)NC(=O)/C(=C\c3ccc(Cc4ccccc4Cl)c(OC)c3)C2=O)cc1. The lowest BCUT2D eigenvalue weighted by Crippen LogP contribution is -2.54. The van der Waals surface area contributed by atoms with Crippen LogP contribution >= 0.6 is 11.6 Å². The Morgan fingerprint density at radius 2 is 1.65 bits per heavy atom. The monoisotopic (exact) mass is 476 g/mol. The molecule has 1 N–H and O–H groups in total. The number of anilines is 1. The van der Waals surface area contributed by atoms with Crippen molar-refractivity contribution in [3.05, 3.63) is 94.0 Å². The Bertz CT molecular complexity index is 1300. The van der Waals surface area contributed by atoms with Crippen molar-refractivity contribution in [3.63, 3.8) is 0 Å². The second kappa shape index (κ2) is 9.80. The summed E-state index contributed by atoms with van der Waals surface area (Å²) in [6.07, 6.45) is 1.99. The first kappa shape index (κ1) is 23.1. The van der Waals surface area contributed by atoms with Gasteiger partial charge in [0.15, 0.2) is 0 Å². The van der Waals surface area contributed by atoms with Crippen molar-refractivity contribution in [2.24, 2.45) is 0 Å². The molecule has 8 heteroatoms. The van der Waals surface area contributed by atoms with Crippen molar-refractivity contribution in [1.29, 1.82) is 0 Å². The summed E-state index contributed by atoms with van der Waals surface area (Å²) in [4.78, 5) is 38.9. The number of ether oxygens (including phenoxy) is 2. The van der Waals surface area contributed by atoms with Gasteiger partial charge in [0.05, 0.1) is 19.9 Å². The highest BCUT2D eigenvalue weighted by Gasteiger charge is 2.36. The molecule has 0 saturated carbocycles. The number of hydrogen-bond donors (Lipinski definition) is 1. The molecular weight excluding hydrogens is 456 g/mol. The number of benzene rings is 3. The third-order valence-corrected chi connectivity index (χ3v) is 5.76. The summed E-state index contributed by atoms with van der Waals surface area (Å²) < 4.78 is 10.7. The summed E-state index contributed by atoms with van der Waals surface area (Å²) in [6, 6.07) is 18.5. The second-order valence-electron chi connectivity index (χ2n) is 7.50. The lowest BCUT2D eigenvalue weighted by molar-refractivity contribution is -0.122. The first-order chi connectivity index (χ1) is 16.4. The molecule has 0 aromatic heterocycles. The molecule has 0 atom stereocenters. The van der Waals surface area contributed by atoms with E-state index in [2.05, 4.69) is 5.32 Å². The van der Waals surface area contributed by atoms with Gasteiger partial charge in [-0.2, -0.15) is 0 Å². The molecule has 1 aliphatic rings. The van der Waals surface area contributed by atoms with Gasteiger partial charge in [0.25, 0.3) is 11.8 Å². The molecule has 3 aromatic carbocycles. The van der Waals surface area contributed by atoms with Gasteiger partial charge in [-0.05, 0) is 59.2 Å². The Morgan fingerprint density at radius 1 is 0.912 bits per heavy atom. The van der Waals surface area contributed by atoms with E-state index in [4.69, 9.17) is 21.1 Å². The van der Waals surface area contributed by atoms with Crippen molar-refractivity contribution in [2.75, 3.05) is 19.1 Å². The van der Waals surface area contributed by atoms with Crippen LogP contribution in [0.25, 0.3) is 6.08 Å². The number of carbonyl (C=O) groups is 3. The number of barbiturate groups is 1. The molecule has 34 heavy (non-hydrogen) atoms. The number of urea groups is 1. The molecule has 7 nitrogen and oxygen atoms in total. The zero-order valence-electron chi connectivity index (χ0n) is 18.5. The van der Waals surface area contributed by atoms with E-state index < -0.39 is 17.8 Å². The summed E-state index contributed by atoms with van der Waals surface area (Å²) in [5, 5.41) is 2.87. The number of nitrogens with one attached hydrogen (secondary N) is 1. The van der Waals surface area contributed by atoms with Gasteiger partial charge in [0.2, 0.25) is 0 Å². The van der Waals surface area contributed by atoms with Crippen LogP contribution in [-0.2, 0) is 16.0 Å². The van der Waals surface area contributed by atoms with Gasteiger partial charge in [-0.25, -0.2) is 9.69 Å². The Hall–Kier alpha value is -4.10. The van der Waals surface area contributed by atoms with Crippen LogP contribution in [0.15, 0.2) is 72.3 Å². The number of methoxy groups -OCH3 is 2. The number of carbonyl (C=O) groups excluding carboxylic acids is 3. The second-order valence-corrected chi connectivity index (χ2v) is 7.90. The van der Waals surface area contributed by atoms with Gasteiger partial charge in [0, 0.05) is 11.4 Å². The van der Waals surface area contributed by atoms with E-state index in [0.717, 1.165) is 16.0 Å². The highest BCUT2D eigenvalue weighted by Crippen LogP contribution is 2.28. The van der Waals surface area contributed by atoms with Crippen molar-refractivity contribution >= 4 is 41.2 Å². The maximum Gasteiger partial charge on any atom is 0.335 e. The third-order valence-electron chi connectivity index (χ3n) is 5.39. The fourth-order valence-electron chi connectivity index (χ4n) is 3.63. The van der Waals surface area contributed by atoms with E-state index in [1.165, 1.54) is 13.2 Å².